The van der Waals surface area contributed by atoms with Crippen molar-refractivity contribution in [1.82, 2.24) is 19.9 Å². The number of benzene rings is 1. The van der Waals surface area contributed by atoms with Gasteiger partial charge >= 0.3 is 0 Å². The molecule has 1 aromatic carbocycles. The lowest BCUT2D eigenvalue weighted by Gasteiger charge is -2.09. The van der Waals surface area contributed by atoms with Crippen LogP contribution in [-0.2, 0) is 17.6 Å². The van der Waals surface area contributed by atoms with Crippen LogP contribution >= 0.6 is 0 Å². The summed E-state index contributed by atoms with van der Waals surface area (Å²) < 4.78 is 7.27. The van der Waals surface area contributed by atoms with E-state index in [0.29, 0.717) is 13.0 Å². The van der Waals surface area contributed by atoms with Crippen molar-refractivity contribution in [2.45, 2.75) is 25.7 Å². The van der Waals surface area contributed by atoms with Crippen LogP contribution in [0.25, 0.3) is 5.65 Å². The monoisotopic (exact) mass is 338 g/mol. The van der Waals surface area contributed by atoms with Crippen LogP contribution in [0.1, 0.15) is 24.2 Å². The molecular formula is C19H22N4O2. The molecular weight excluding hydrogens is 316 g/mol. The summed E-state index contributed by atoms with van der Waals surface area (Å²) >= 11 is 0. The zero-order chi connectivity index (χ0) is 17.5. The number of aryl methyl sites for hydroxylation is 1. The number of methoxy groups -OCH3 is 1. The number of ether oxygens (including phenoxy) is 1. The van der Waals surface area contributed by atoms with Crippen molar-refractivity contribution < 1.29 is 9.53 Å². The van der Waals surface area contributed by atoms with Gasteiger partial charge in [-0.1, -0.05) is 24.3 Å². The second-order valence-electron chi connectivity index (χ2n) is 5.81. The molecule has 0 bridgehead atoms. The largest absolute Gasteiger partial charge is 0.496 e. The third-order valence-electron chi connectivity index (χ3n) is 4.10. The number of aromatic nitrogens is 3. The first kappa shape index (κ1) is 17.0. The number of nitrogens with zero attached hydrogens (tertiary/aromatic N) is 3. The average molecular weight is 338 g/mol. The Bertz CT molecular complexity index is 844. The van der Waals surface area contributed by atoms with Crippen LogP contribution in [0.15, 0.2) is 48.7 Å². The van der Waals surface area contributed by atoms with E-state index in [1.807, 2.05) is 53.1 Å². The van der Waals surface area contributed by atoms with Crippen molar-refractivity contribution in [3.63, 3.8) is 0 Å². The molecule has 0 saturated heterocycles. The third kappa shape index (κ3) is 4.35. The van der Waals surface area contributed by atoms with E-state index in [4.69, 9.17) is 4.74 Å². The normalized spacial score (nSPS) is 10.8. The molecule has 3 rings (SSSR count). The molecule has 25 heavy (non-hydrogen) atoms. The minimum atomic E-state index is 0.0590. The lowest BCUT2D eigenvalue weighted by molar-refractivity contribution is -0.121. The molecule has 2 heterocycles. The maximum Gasteiger partial charge on any atom is 0.220 e. The number of hydrogen-bond acceptors (Lipinski definition) is 4. The van der Waals surface area contributed by atoms with Gasteiger partial charge in [-0.25, -0.2) is 0 Å². The molecule has 1 amide bonds. The van der Waals surface area contributed by atoms with Gasteiger partial charge in [0.05, 0.1) is 7.11 Å². The van der Waals surface area contributed by atoms with Gasteiger partial charge in [-0.2, -0.15) is 0 Å². The zero-order valence-electron chi connectivity index (χ0n) is 14.3. The molecule has 6 heteroatoms. The van der Waals surface area contributed by atoms with Crippen LogP contribution in [0.4, 0.5) is 0 Å². The van der Waals surface area contributed by atoms with Gasteiger partial charge in [-0.3, -0.25) is 9.20 Å². The number of carbonyl (C=O) groups excluding carboxylic acids is 1. The Morgan fingerprint density at radius 1 is 1.12 bits per heavy atom. The van der Waals surface area contributed by atoms with E-state index < -0.39 is 0 Å². The lowest BCUT2D eigenvalue weighted by atomic mass is 10.1. The van der Waals surface area contributed by atoms with Crippen LogP contribution in [0.2, 0.25) is 0 Å². The Morgan fingerprint density at radius 2 is 1.96 bits per heavy atom. The van der Waals surface area contributed by atoms with Crippen LogP contribution in [-0.4, -0.2) is 34.2 Å². The van der Waals surface area contributed by atoms with E-state index in [9.17, 15) is 4.79 Å². The summed E-state index contributed by atoms with van der Waals surface area (Å²) in [5, 5.41) is 11.3. The van der Waals surface area contributed by atoms with Gasteiger partial charge in [0.25, 0.3) is 0 Å². The fraction of sp³-hybridized carbons (Fsp3) is 0.316. The molecule has 2 aromatic heterocycles. The Labute approximate surface area is 146 Å². The number of carbonyl (C=O) groups is 1. The van der Waals surface area contributed by atoms with Gasteiger partial charge in [0, 0.05) is 25.6 Å². The molecule has 0 saturated carbocycles. The highest BCUT2D eigenvalue weighted by atomic mass is 16.5. The minimum Gasteiger partial charge on any atom is -0.496 e. The van der Waals surface area contributed by atoms with E-state index in [0.717, 1.165) is 42.0 Å². The summed E-state index contributed by atoms with van der Waals surface area (Å²) in [5.41, 5.74) is 1.93. The topological polar surface area (TPSA) is 68.5 Å². The quantitative estimate of drug-likeness (QED) is 0.685. The van der Waals surface area contributed by atoms with E-state index >= 15 is 0 Å². The second kappa shape index (κ2) is 8.28. The van der Waals surface area contributed by atoms with Crippen molar-refractivity contribution in [2.75, 3.05) is 13.7 Å². The highest BCUT2D eigenvalue weighted by molar-refractivity contribution is 5.75. The summed E-state index contributed by atoms with van der Waals surface area (Å²) in [7, 11) is 1.66. The van der Waals surface area contributed by atoms with Gasteiger partial charge < -0.3 is 10.1 Å². The lowest BCUT2D eigenvalue weighted by Crippen LogP contribution is -2.25. The number of hydrogen-bond donors (Lipinski definition) is 1. The number of amides is 1. The summed E-state index contributed by atoms with van der Waals surface area (Å²) in [4.78, 5) is 12.0. The molecule has 0 aliphatic carbocycles. The van der Waals surface area contributed by atoms with Gasteiger partial charge in [0.15, 0.2) is 5.65 Å². The molecule has 1 N–H and O–H groups in total. The molecule has 0 atom stereocenters. The summed E-state index contributed by atoms with van der Waals surface area (Å²) in [5.74, 6) is 1.80. The van der Waals surface area contributed by atoms with Crippen molar-refractivity contribution in [2.24, 2.45) is 0 Å². The highest BCUT2D eigenvalue weighted by Crippen LogP contribution is 2.17. The van der Waals surface area contributed by atoms with E-state index in [1.54, 1.807) is 7.11 Å². The first-order valence-corrected chi connectivity index (χ1v) is 8.45. The fourth-order valence-electron chi connectivity index (χ4n) is 2.80. The number of para-hydroxylation sites is 1. The zero-order valence-corrected chi connectivity index (χ0v) is 14.3. The number of pyridine rings is 1. The minimum absolute atomic E-state index is 0.0590. The van der Waals surface area contributed by atoms with Crippen molar-refractivity contribution in [1.29, 1.82) is 0 Å². The first-order valence-electron chi connectivity index (χ1n) is 8.45. The molecule has 6 nitrogen and oxygen atoms in total. The number of fused-ring (bicyclic) bond motifs is 1. The van der Waals surface area contributed by atoms with E-state index in [2.05, 4.69) is 15.5 Å². The van der Waals surface area contributed by atoms with Gasteiger partial charge in [-0.15, -0.1) is 10.2 Å². The Hall–Kier alpha value is -2.89. The Balaban J connectivity index is 1.41. The van der Waals surface area contributed by atoms with Crippen LogP contribution < -0.4 is 10.1 Å². The molecule has 3 aromatic rings. The van der Waals surface area contributed by atoms with Gasteiger partial charge in [-0.05, 0) is 36.6 Å². The van der Waals surface area contributed by atoms with Crippen molar-refractivity contribution in [3.8, 4) is 5.75 Å². The number of nitrogens with one attached hydrogen (secondary N) is 1. The average Bonchev–Trinajstić information content (AvgIpc) is 3.05. The molecule has 0 unspecified atom stereocenters. The van der Waals surface area contributed by atoms with E-state index in [-0.39, 0.29) is 5.91 Å². The van der Waals surface area contributed by atoms with Crippen LogP contribution in [0, 0.1) is 0 Å². The molecule has 0 aliphatic heterocycles. The maximum absolute atomic E-state index is 12.0. The first-order chi connectivity index (χ1) is 12.3. The van der Waals surface area contributed by atoms with Crippen LogP contribution in [0.5, 0.6) is 5.75 Å². The Morgan fingerprint density at radius 3 is 2.84 bits per heavy atom. The summed E-state index contributed by atoms with van der Waals surface area (Å²) in [6.07, 6.45) is 4.65. The van der Waals surface area contributed by atoms with Crippen molar-refractivity contribution >= 4 is 11.6 Å². The Kier molecular flexibility index (Phi) is 5.61. The van der Waals surface area contributed by atoms with Crippen LogP contribution in [0.3, 0.4) is 0 Å². The molecule has 0 aliphatic rings. The third-order valence-corrected chi connectivity index (χ3v) is 4.10. The maximum atomic E-state index is 12.0. The molecule has 0 fully saturated rings. The van der Waals surface area contributed by atoms with Gasteiger partial charge in [0.1, 0.15) is 11.6 Å². The molecule has 0 spiro atoms. The SMILES string of the molecule is COc1ccccc1CCNC(=O)CCCc1nnc2ccccn12. The highest BCUT2D eigenvalue weighted by Gasteiger charge is 2.07. The standard InChI is InChI=1S/C19H22N4O2/c1-25-16-8-3-2-7-15(16)12-13-20-19(24)11-6-10-18-22-21-17-9-4-5-14-23(17)18/h2-5,7-9,14H,6,10-13H2,1H3,(H,20,24). The van der Waals surface area contributed by atoms with Gasteiger partial charge in [0.2, 0.25) is 5.91 Å². The molecule has 130 valence electrons. The second-order valence-corrected chi connectivity index (χ2v) is 5.81. The smallest absolute Gasteiger partial charge is 0.220 e. The summed E-state index contributed by atoms with van der Waals surface area (Å²) in [6.45, 7) is 0.604. The number of rotatable bonds is 8. The van der Waals surface area contributed by atoms with E-state index in [1.165, 1.54) is 0 Å². The predicted octanol–water partition coefficient (Wildman–Crippen LogP) is 2.42. The fourth-order valence-corrected chi connectivity index (χ4v) is 2.80. The predicted molar refractivity (Wildman–Crippen MR) is 95.6 cm³/mol. The summed E-state index contributed by atoms with van der Waals surface area (Å²) in [6, 6.07) is 13.7. The molecule has 0 radical (unpaired) electrons. The van der Waals surface area contributed by atoms with Crippen molar-refractivity contribution in [3.05, 3.63) is 60.0 Å².